The molecule has 2 aromatic rings. The van der Waals surface area contributed by atoms with Gasteiger partial charge in [-0.1, -0.05) is 12.1 Å². The topological polar surface area (TPSA) is 68.0 Å². The zero-order valence-corrected chi connectivity index (χ0v) is 10.1. The zero-order valence-electron chi connectivity index (χ0n) is 10.1. The Morgan fingerprint density at radius 3 is 2.50 bits per heavy atom. The van der Waals surface area contributed by atoms with Crippen molar-refractivity contribution in [2.45, 2.75) is 6.18 Å². The fourth-order valence-electron chi connectivity index (χ4n) is 1.63. The summed E-state index contributed by atoms with van der Waals surface area (Å²) < 4.78 is 37.3. The lowest BCUT2D eigenvalue weighted by Crippen LogP contribution is -2.19. The third-order valence-corrected chi connectivity index (χ3v) is 2.52. The number of pyridine rings is 1. The number of primary amides is 1. The van der Waals surface area contributed by atoms with Crippen LogP contribution in [0.1, 0.15) is 5.56 Å². The first-order valence-corrected chi connectivity index (χ1v) is 5.56. The summed E-state index contributed by atoms with van der Waals surface area (Å²) in [6, 6.07) is 7.99. The van der Waals surface area contributed by atoms with Gasteiger partial charge in [0.2, 0.25) is 0 Å². The molecule has 0 saturated carbocycles. The van der Waals surface area contributed by atoms with Gasteiger partial charge in [-0.05, 0) is 24.3 Å². The molecule has 7 heteroatoms. The molecule has 0 aliphatic heterocycles. The zero-order chi connectivity index (χ0) is 14.8. The Labute approximate surface area is 112 Å². The van der Waals surface area contributed by atoms with E-state index < -0.39 is 17.8 Å². The average molecular weight is 281 g/mol. The van der Waals surface area contributed by atoms with Gasteiger partial charge in [-0.2, -0.15) is 13.2 Å². The van der Waals surface area contributed by atoms with Gasteiger partial charge in [0.1, 0.15) is 0 Å². The van der Waals surface area contributed by atoms with E-state index >= 15 is 0 Å². The molecule has 4 nitrogen and oxygen atoms in total. The second kappa shape index (κ2) is 5.20. The van der Waals surface area contributed by atoms with Crippen molar-refractivity contribution in [1.82, 2.24) is 4.98 Å². The summed E-state index contributed by atoms with van der Waals surface area (Å²) in [6.07, 6.45) is -3.65. The number of benzene rings is 1. The van der Waals surface area contributed by atoms with E-state index in [2.05, 4.69) is 10.3 Å². The Morgan fingerprint density at radius 1 is 1.20 bits per heavy atom. The highest BCUT2D eigenvalue weighted by atomic mass is 19.4. The summed E-state index contributed by atoms with van der Waals surface area (Å²) in [5, 5.41) is 2.38. The minimum absolute atomic E-state index is 0.367. The molecule has 0 atom stereocenters. The molecular weight excluding hydrogens is 271 g/mol. The van der Waals surface area contributed by atoms with Gasteiger partial charge in [-0.3, -0.25) is 4.98 Å². The molecule has 0 fully saturated rings. The third kappa shape index (κ3) is 3.25. The molecule has 1 aromatic heterocycles. The summed E-state index contributed by atoms with van der Waals surface area (Å²) in [6.45, 7) is 0. The molecule has 1 aromatic carbocycles. The van der Waals surface area contributed by atoms with E-state index in [1.807, 2.05) is 0 Å². The number of anilines is 1. The summed E-state index contributed by atoms with van der Waals surface area (Å²) in [4.78, 5) is 14.5. The predicted octanol–water partition coefficient (Wildman–Crippen LogP) is 3.26. The maximum absolute atomic E-state index is 12.4. The Balaban J connectivity index is 2.30. The van der Waals surface area contributed by atoms with Crippen molar-refractivity contribution in [2.24, 2.45) is 5.73 Å². The first-order chi connectivity index (χ1) is 9.36. The van der Waals surface area contributed by atoms with Crippen molar-refractivity contribution >= 4 is 11.7 Å². The van der Waals surface area contributed by atoms with Gasteiger partial charge in [0.25, 0.3) is 0 Å². The van der Waals surface area contributed by atoms with Crippen LogP contribution in [-0.2, 0) is 6.18 Å². The van der Waals surface area contributed by atoms with Gasteiger partial charge in [0, 0.05) is 17.4 Å². The second-order valence-corrected chi connectivity index (χ2v) is 4.00. The number of rotatable bonds is 2. The number of nitrogens with two attached hydrogens (primary N) is 1. The van der Waals surface area contributed by atoms with Crippen LogP contribution in [0.5, 0.6) is 0 Å². The number of hydrogen-bond donors (Lipinski definition) is 2. The highest BCUT2D eigenvalue weighted by Gasteiger charge is 2.30. The normalized spacial score (nSPS) is 11.2. The minimum Gasteiger partial charge on any atom is -0.351 e. The highest BCUT2D eigenvalue weighted by Crippen LogP contribution is 2.30. The summed E-state index contributed by atoms with van der Waals surface area (Å²) in [5.74, 6) is 0. The number of nitrogens with one attached hydrogen (secondary N) is 1. The SMILES string of the molecule is NC(=O)Nc1cccc(-c2ccc(C(F)(F)F)cn2)c1. The molecule has 20 heavy (non-hydrogen) atoms. The number of hydrogen-bond acceptors (Lipinski definition) is 2. The van der Waals surface area contributed by atoms with E-state index in [1.54, 1.807) is 24.3 Å². The van der Waals surface area contributed by atoms with Crippen molar-refractivity contribution in [1.29, 1.82) is 0 Å². The number of alkyl halides is 3. The molecule has 2 rings (SSSR count). The first-order valence-electron chi connectivity index (χ1n) is 5.56. The number of urea groups is 1. The molecule has 0 aliphatic rings. The summed E-state index contributed by atoms with van der Waals surface area (Å²) in [7, 11) is 0. The van der Waals surface area contributed by atoms with E-state index in [1.165, 1.54) is 6.07 Å². The maximum atomic E-state index is 12.4. The number of aromatic nitrogens is 1. The molecule has 0 spiro atoms. The van der Waals surface area contributed by atoms with E-state index in [9.17, 15) is 18.0 Å². The highest BCUT2D eigenvalue weighted by molar-refractivity contribution is 5.88. The first kappa shape index (κ1) is 13.9. The molecule has 104 valence electrons. The van der Waals surface area contributed by atoms with Crippen LogP contribution in [0.25, 0.3) is 11.3 Å². The Morgan fingerprint density at radius 2 is 1.95 bits per heavy atom. The number of carbonyl (C=O) groups excluding carboxylic acids is 1. The van der Waals surface area contributed by atoms with Crippen LogP contribution in [0, 0.1) is 0 Å². The molecule has 3 N–H and O–H groups in total. The van der Waals surface area contributed by atoms with Crippen LogP contribution in [0.4, 0.5) is 23.7 Å². The fraction of sp³-hybridized carbons (Fsp3) is 0.0769. The lowest BCUT2D eigenvalue weighted by Gasteiger charge is -2.08. The molecule has 0 unspecified atom stereocenters. The lowest BCUT2D eigenvalue weighted by atomic mass is 10.1. The van der Waals surface area contributed by atoms with E-state index in [0.717, 1.165) is 12.3 Å². The van der Waals surface area contributed by atoms with Gasteiger partial charge >= 0.3 is 12.2 Å². The Hall–Kier alpha value is -2.57. The summed E-state index contributed by atoms with van der Waals surface area (Å²) >= 11 is 0. The molecular formula is C13H10F3N3O. The van der Waals surface area contributed by atoms with Crippen LogP contribution in [-0.4, -0.2) is 11.0 Å². The van der Waals surface area contributed by atoms with E-state index in [4.69, 9.17) is 5.73 Å². The van der Waals surface area contributed by atoms with Crippen LogP contribution in [0.3, 0.4) is 0 Å². The summed E-state index contributed by atoms with van der Waals surface area (Å²) in [5.41, 5.74) is 5.56. The van der Waals surface area contributed by atoms with Crippen molar-refractivity contribution in [3.8, 4) is 11.3 Å². The molecule has 0 aliphatic carbocycles. The number of halogens is 3. The number of nitrogens with zero attached hydrogens (tertiary/aromatic N) is 1. The van der Waals surface area contributed by atoms with Crippen molar-refractivity contribution in [2.75, 3.05) is 5.32 Å². The van der Waals surface area contributed by atoms with Gasteiger partial charge < -0.3 is 11.1 Å². The van der Waals surface area contributed by atoms with Crippen LogP contribution in [0.2, 0.25) is 0 Å². The van der Waals surface area contributed by atoms with Crippen molar-refractivity contribution in [3.05, 3.63) is 48.2 Å². The molecule has 0 bridgehead atoms. The predicted molar refractivity (Wildman–Crippen MR) is 67.9 cm³/mol. The van der Waals surface area contributed by atoms with Crippen LogP contribution < -0.4 is 11.1 Å². The Kier molecular flexibility index (Phi) is 3.60. The van der Waals surface area contributed by atoms with Gasteiger partial charge in [-0.15, -0.1) is 0 Å². The fourth-order valence-corrected chi connectivity index (χ4v) is 1.63. The maximum Gasteiger partial charge on any atom is 0.417 e. The largest absolute Gasteiger partial charge is 0.417 e. The van der Waals surface area contributed by atoms with Crippen LogP contribution in [0.15, 0.2) is 42.6 Å². The van der Waals surface area contributed by atoms with Crippen molar-refractivity contribution in [3.63, 3.8) is 0 Å². The Bertz CT molecular complexity index is 624. The molecule has 0 saturated heterocycles. The lowest BCUT2D eigenvalue weighted by molar-refractivity contribution is -0.137. The molecule has 1 heterocycles. The second-order valence-electron chi connectivity index (χ2n) is 4.00. The smallest absolute Gasteiger partial charge is 0.351 e. The van der Waals surface area contributed by atoms with E-state index in [0.29, 0.717) is 16.9 Å². The van der Waals surface area contributed by atoms with E-state index in [-0.39, 0.29) is 0 Å². The number of amides is 2. The van der Waals surface area contributed by atoms with Gasteiger partial charge in [-0.25, -0.2) is 4.79 Å². The van der Waals surface area contributed by atoms with Gasteiger partial charge in [0.05, 0.1) is 11.3 Å². The standard InChI is InChI=1S/C13H10F3N3O/c14-13(15,16)9-4-5-11(18-7-9)8-2-1-3-10(6-8)19-12(17)20/h1-7H,(H3,17,19,20). The molecule has 0 radical (unpaired) electrons. The van der Waals surface area contributed by atoms with Gasteiger partial charge in [0.15, 0.2) is 0 Å². The quantitative estimate of drug-likeness (QED) is 0.887. The number of carbonyl (C=O) groups is 1. The average Bonchev–Trinajstić information content (AvgIpc) is 2.37. The van der Waals surface area contributed by atoms with Crippen LogP contribution >= 0.6 is 0 Å². The monoisotopic (exact) mass is 281 g/mol. The molecule has 2 amide bonds. The third-order valence-electron chi connectivity index (χ3n) is 2.52. The van der Waals surface area contributed by atoms with Crippen molar-refractivity contribution < 1.29 is 18.0 Å². The minimum atomic E-state index is -4.42.